The molecule has 1 aliphatic heterocycles. The van der Waals surface area contributed by atoms with Gasteiger partial charge < -0.3 is 4.90 Å². The quantitative estimate of drug-likeness (QED) is 0.515. The van der Waals surface area contributed by atoms with Crippen molar-refractivity contribution in [2.45, 2.75) is 38.6 Å². The number of rotatable bonds is 0. The normalized spacial score (nSPS) is 45.8. The largest absolute Gasteiger partial charge is 0.303 e. The van der Waals surface area contributed by atoms with Gasteiger partial charge in [-0.05, 0) is 31.7 Å². The SMILES string of the molecule is C[C@H]1CN(C)[C@H]2CCCC[C@@H]12. The molecule has 2 aliphatic rings. The highest BCUT2D eigenvalue weighted by Crippen LogP contribution is 2.38. The lowest BCUT2D eigenvalue weighted by molar-refractivity contribution is 0.208. The predicted octanol–water partition coefficient (Wildman–Crippen LogP) is 2.13. The lowest BCUT2D eigenvalue weighted by Crippen LogP contribution is -2.31. The van der Waals surface area contributed by atoms with Crippen molar-refractivity contribution >= 4 is 0 Å². The van der Waals surface area contributed by atoms with Crippen molar-refractivity contribution in [1.82, 2.24) is 4.90 Å². The summed E-state index contributed by atoms with van der Waals surface area (Å²) >= 11 is 0. The second-order valence-corrected chi connectivity index (χ2v) is 4.43. The van der Waals surface area contributed by atoms with Crippen molar-refractivity contribution in [2.24, 2.45) is 11.8 Å². The molecule has 1 saturated heterocycles. The summed E-state index contributed by atoms with van der Waals surface area (Å²) in [4.78, 5) is 2.58. The van der Waals surface area contributed by atoms with Gasteiger partial charge >= 0.3 is 0 Å². The van der Waals surface area contributed by atoms with Crippen LogP contribution in [-0.4, -0.2) is 24.5 Å². The first-order valence-electron chi connectivity index (χ1n) is 4.99. The van der Waals surface area contributed by atoms with E-state index >= 15 is 0 Å². The summed E-state index contributed by atoms with van der Waals surface area (Å²) in [5.74, 6) is 2.00. The Balaban J connectivity index is 2.07. The van der Waals surface area contributed by atoms with Gasteiger partial charge in [0.05, 0.1) is 0 Å². The molecule has 0 aromatic carbocycles. The smallest absolute Gasteiger partial charge is 0.0124 e. The van der Waals surface area contributed by atoms with Gasteiger partial charge in [0.15, 0.2) is 0 Å². The van der Waals surface area contributed by atoms with Gasteiger partial charge in [0.2, 0.25) is 0 Å². The summed E-state index contributed by atoms with van der Waals surface area (Å²) in [7, 11) is 2.30. The highest BCUT2D eigenvalue weighted by Gasteiger charge is 2.38. The van der Waals surface area contributed by atoms with Gasteiger partial charge in [-0.3, -0.25) is 0 Å². The van der Waals surface area contributed by atoms with E-state index in [4.69, 9.17) is 0 Å². The summed E-state index contributed by atoms with van der Waals surface area (Å²) < 4.78 is 0. The first-order valence-corrected chi connectivity index (χ1v) is 4.99. The average molecular weight is 153 g/mol. The van der Waals surface area contributed by atoms with E-state index in [1.165, 1.54) is 32.2 Å². The fourth-order valence-electron chi connectivity index (χ4n) is 3.08. The molecule has 1 heterocycles. The lowest BCUT2D eigenvalue weighted by atomic mass is 9.81. The Hall–Kier alpha value is -0.0400. The minimum Gasteiger partial charge on any atom is -0.303 e. The zero-order valence-corrected chi connectivity index (χ0v) is 7.71. The van der Waals surface area contributed by atoms with Gasteiger partial charge in [-0.25, -0.2) is 0 Å². The Labute approximate surface area is 69.8 Å². The van der Waals surface area contributed by atoms with E-state index in [2.05, 4.69) is 18.9 Å². The summed E-state index contributed by atoms with van der Waals surface area (Å²) in [6.45, 7) is 3.77. The molecule has 2 fully saturated rings. The van der Waals surface area contributed by atoms with Crippen LogP contribution >= 0.6 is 0 Å². The number of likely N-dealkylation sites (tertiary alicyclic amines) is 1. The first-order chi connectivity index (χ1) is 5.29. The molecule has 1 heteroatoms. The Kier molecular flexibility index (Phi) is 1.92. The summed E-state index contributed by atoms with van der Waals surface area (Å²) in [5.41, 5.74) is 0. The molecule has 0 spiro atoms. The van der Waals surface area contributed by atoms with Crippen LogP contribution in [0.15, 0.2) is 0 Å². The Morgan fingerprint density at radius 1 is 1.18 bits per heavy atom. The van der Waals surface area contributed by atoms with Crippen LogP contribution in [0, 0.1) is 11.8 Å². The van der Waals surface area contributed by atoms with E-state index in [-0.39, 0.29) is 0 Å². The fraction of sp³-hybridized carbons (Fsp3) is 1.00. The van der Waals surface area contributed by atoms with Crippen molar-refractivity contribution in [3.05, 3.63) is 0 Å². The summed E-state index contributed by atoms with van der Waals surface area (Å²) in [6, 6.07) is 0.943. The van der Waals surface area contributed by atoms with Gasteiger partial charge in [0.25, 0.3) is 0 Å². The second-order valence-electron chi connectivity index (χ2n) is 4.43. The topological polar surface area (TPSA) is 3.24 Å². The van der Waals surface area contributed by atoms with E-state index in [9.17, 15) is 0 Å². The molecule has 1 aliphatic carbocycles. The van der Waals surface area contributed by atoms with E-state index in [1.54, 1.807) is 0 Å². The van der Waals surface area contributed by atoms with Crippen LogP contribution in [0.5, 0.6) is 0 Å². The van der Waals surface area contributed by atoms with Crippen LogP contribution < -0.4 is 0 Å². The van der Waals surface area contributed by atoms with Crippen LogP contribution in [0.25, 0.3) is 0 Å². The van der Waals surface area contributed by atoms with E-state index in [0.29, 0.717) is 0 Å². The predicted molar refractivity (Wildman–Crippen MR) is 47.5 cm³/mol. The molecule has 0 N–H and O–H groups in total. The lowest BCUT2D eigenvalue weighted by Gasteiger charge is -2.30. The molecule has 1 nitrogen and oxygen atoms in total. The Morgan fingerprint density at radius 2 is 1.91 bits per heavy atom. The van der Waals surface area contributed by atoms with Crippen LogP contribution in [0.2, 0.25) is 0 Å². The number of hydrogen-bond donors (Lipinski definition) is 0. The monoisotopic (exact) mass is 153 g/mol. The van der Waals surface area contributed by atoms with E-state index < -0.39 is 0 Å². The summed E-state index contributed by atoms with van der Waals surface area (Å²) in [6.07, 6.45) is 5.92. The molecule has 0 bridgehead atoms. The van der Waals surface area contributed by atoms with Gasteiger partial charge in [-0.15, -0.1) is 0 Å². The maximum atomic E-state index is 2.58. The van der Waals surface area contributed by atoms with Crippen molar-refractivity contribution < 1.29 is 0 Å². The average Bonchev–Trinajstić information content (AvgIpc) is 2.30. The minimum atomic E-state index is 0.943. The molecule has 0 aromatic heterocycles. The zero-order chi connectivity index (χ0) is 7.84. The van der Waals surface area contributed by atoms with Crippen molar-refractivity contribution in [2.75, 3.05) is 13.6 Å². The second kappa shape index (κ2) is 2.78. The van der Waals surface area contributed by atoms with E-state index in [0.717, 1.165) is 17.9 Å². The number of hydrogen-bond acceptors (Lipinski definition) is 1. The molecule has 0 amide bonds. The molecule has 0 unspecified atom stereocenters. The van der Waals surface area contributed by atoms with Crippen LogP contribution in [0.1, 0.15) is 32.6 Å². The van der Waals surface area contributed by atoms with Crippen LogP contribution in [0.3, 0.4) is 0 Å². The Bertz CT molecular complexity index is 128. The maximum absolute atomic E-state index is 2.58. The van der Waals surface area contributed by atoms with Crippen LogP contribution in [0.4, 0.5) is 0 Å². The van der Waals surface area contributed by atoms with Gasteiger partial charge in [0, 0.05) is 12.6 Å². The van der Waals surface area contributed by atoms with Gasteiger partial charge in [-0.1, -0.05) is 19.8 Å². The zero-order valence-electron chi connectivity index (χ0n) is 7.71. The van der Waals surface area contributed by atoms with Gasteiger partial charge in [-0.2, -0.15) is 0 Å². The first kappa shape index (κ1) is 7.60. The van der Waals surface area contributed by atoms with E-state index in [1.807, 2.05) is 0 Å². The van der Waals surface area contributed by atoms with Crippen molar-refractivity contribution in [1.29, 1.82) is 0 Å². The molecule has 64 valence electrons. The molecular formula is C10H19N. The molecular weight excluding hydrogens is 134 g/mol. The molecule has 0 aromatic rings. The Morgan fingerprint density at radius 3 is 2.64 bits per heavy atom. The van der Waals surface area contributed by atoms with Crippen molar-refractivity contribution in [3.8, 4) is 0 Å². The standard InChI is InChI=1S/C10H19N/c1-8-7-11(2)10-6-4-3-5-9(8)10/h8-10H,3-7H2,1-2H3/t8-,9-,10-/m0/s1. The molecule has 1 saturated carbocycles. The highest BCUT2D eigenvalue weighted by molar-refractivity contribution is 4.91. The fourth-order valence-corrected chi connectivity index (χ4v) is 3.08. The minimum absolute atomic E-state index is 0.943. The number of nitrogens with zero attached hydrogens (tertiary/aromatic N) is 1. The van der Waals surface area contributed by atoms with Crippen LogP contribution in [-0.2, 0) is 0 Å². The maximum Gasteiger partial charge on any atom is 0.0124 e. The molecule has 2 rings (SSSR count). The molecule has 11 heavy (non-hydrogen) atoms. The van der Waals surface area contributed by atoms with Crippen molar-refractivity contribution in [3.63, 3.8) is 0 Å². The highest BCUT2D eigenvalue weighted by atomic mass is 15.2. The molecule has 3 atom stereocenters. The molecule has 0 radical (unpaired) electrons. The van der Waals surface area contributed by atoms with Gasteiger partial charge in [0.1, 0.15) is 0 Å². The third-order valence-corrected chi connectivity index (χ3v) is 3.65. The third kappa shape index (κ3) is 1.20. The summed E-state index contributed by atoms with van der Waals surface area (Å²) in [5, 5.41) is 0. The third-order valence-electron chi connectivity index (χ3n) is 3.65. The number of fused-ring (bicyclic) bond motifs is 1.